The maximum absolute atomic E-state index is 11.6. The van der Waals surface area contributed by atoms with E-state index in [1.165, 1.54) is 6.42 Å². The zero-order chi connectivity index (χ0) is 19.1. The number of piperazine rings is 1. The molecule has 0 spiro atoms. The highest BCUT2D eigenvalue weighted by Crippen LogP contribution is 2.19. The minimum atomic E-state index is -0.777. The summed E-state index contributed by atoms with van der Waals surface area (Å²) in [7, 11) is 0. The summed E-state index contributed by atoms with van der Waals surface area (Å²) in [5.41, 5.74) is 4.98. The number of hydrogen-bond acceptors (Lipinski definition) is 6. The van der Waals surface area contributed by atoms with E-state index in [1.54, 1.807) is 0 Å². The molecule has 2 fully saturated rings. The highest BCUT2D eigenvalue weighted by Gasteiger charge is 2.25. The van der Waals surface area contributed by atoms with Crippen LogP contribution in [0.15, 0.2) is 24.4 Å². The Hall–Kier alpha value is -2.19. The van der Waals surface area contributed by atoms with E-state index in [4.69, 9.17) is 5.73 Å². The molecule has 2 aliphatic rings. The second-order valence-electron chi connectivity index (χ2n) is 7.45. The van der Waals surface area contributed by atoms with Crippen molar-refractivity contribution >= 4 is 17.8 Å². The summed E-state index contributed by atoms with van der Waals surface area (Å²) in [4.78, 5) is 34.0. The van der Waals surface area contributed by atoms with Gasteiger partial charge in [-0.05, 0) is 37.4 Å². The molecular formula is C19H30N6O2. The number of likely N-dealkylation sites (tertiary alicyclic amines) is 1. The molecule has 3 heterocycles. The molecular weight excluding hydrogens is 344 g/mol. The number of hydrogen-bond donors (Lipinski definition) is 2. The van der Waals surface area contributed by atoms with Gasteiger partial charge in [0.2, 0.25) is 5.91 Å². The van der Waals surface area contributed by atoms with Gasteiger partial charge in [-0.1, -0.05) is 6.07 Å². The lowest BCUT2D eigenvalue weighted by Gasteiger charge is -2.39. The van der Waals surface area contributed by atoms with Crippen molar-refractivity contribution in [3.63, 3.8) is 0 Å². The average Bonchev–Trinajstić information content (AvgIpc) is 2.67. The van der Waals surface area contributed by atoms with Gasteiger partial charge < -0.3 is 15.5 Å². The SMILES string of the molecule is NC(=O)NC(=O)CCN1CCCC(CN2CCN(c3ccccn3)CC2)C1. The van der Waals surface area contributed by atoms with Gasteiger partial charge >= 0.3 is 6.03 Å². The first-order chi connectivity index (χ1) is 13.1. The molecule has 1 atom stereocenters. The third-order valence-electron chi connectivity index (χ3n) is 5.38. The van der Waals surface area contributed by atoms with Crippen LogP contribution in [0, 0.1) is 5.92 Å². The number of nitrogens with two attached hydrogens (primary N) is 1. The molecule has 2 saturated heterocycles. The van der Waals surface area contributed by atoms with Crippen molar-refractivity contribution in [2.45, 2.75) is 19.3 Å². The molecule has 8 heteroatoms. The van der Waals surface area contributed by atoms with Crippen LogP contribution >= 0.6 is 0 Å². The Bertz CT molecular complexity index is 618. The van der Waals surface area contributed by atoms with Crippen molar-refractivity contribution < 1.29 is 9.59 Å². The third-order valence-corrected chi connectivity index (χ3v) is 5.38. The molecule has 0 saturated carbocycles. The number of carbonyl (C=O) groups excluding carboxylic acids is 2. The van der Waals surface area contributed by atoms with Gasteiger partial charge in [0.15, 0.2) is 0 Å². The quantitative estimate of drug-likeness (QED) is 0.753. The van der Waals surface area contributed by atoms with E-state index in [-0.39, 0.29) is 5.91 Å². The van der Waals surface area contributed by atoms with Crippen LogP contribution in [0.3, 0.4) is 0 Å². The molecule has 1 unspecified atom stereocenters. The largest absolute Gasteiger partial charge is 0.354 e. The number of nitrogens with zero attached hydrogens (tertiary/aromatic N) is 4. The molecule has 148 valence electrons. The second kappa shape index (κ2) is 9.66. The molecule has 2 aliphatic heterocycles. The lowest BCUT2D eigenvalue weighted by molar-refractivity contribution is -0.120. The molecule has 8 nitrogen and oxygen atoms in total. The molecule has 0 bridgehead atoms. The van der Waals surface area contributed by atoms with Gasteiger partial charge in [-0.25, -0.2) is 9.78 Å². The van der Waals surface area contributed by atoms with Crippen LogP contribution < -0.4 is 16.0 Å². The maximum atomic E-state index is 11.6. The summed E-state index contributed by atoms with van der Waals surface area (Å²) in [6.45, 7) is 7.99. The number of anilines is 1. The van der Waals surface area contributed by atoms with Crippen LogP contribution in [0.4, 0.5) is 10.6 Å². The standard InChI is InChI=1S/C19H30N6O2/c20-19(27)22-18(26)6-9-23-8-3-4-16(14-23)15-24-10-12-25(13-11-24)17-5-1-2-7-21-17/h1-2,5,7,16H,3-4,6,8-15H2,(H3,20,22,26,27). The van der Waals surface area contributed by atoms with E-state index in [0.717, 1.165) is 58.1 Å². The van der Waals surface area contributed by atoms with Gasteiger partial charge in [-0.2, -0.15) is 0 Å². The first-order valence-corrected chi connectivity index (χ1v) is 9.80. The predicted octanol–water partition coefficient (Wildman–Crippen LogP) is 0.501. The van der Waals surface area contributed by atoms with Crippen LogP contribution in [0.2, 0.25) is 0 Å². The summed E-state index contributed by atoms with van der Waals surface area (Å²) in [6.07, 6.45) is 4.57. The molecule has 0 aliphatic carbocycles. The number of aromatic nitrogens is 1. The number of pyridine rings is 1. The van der Waals surface area contributed by atoms with Crippen LogP contribution in [0.25, 0.3) is 0 Å². The highest BCUT2D eigenvalue weighted by atomic mass is 16.2. The predicted molar refractivity (Wildman–Crippen MR) is 104 cm³/mol. The Labute approximate surface area is 160 Å². The van der Waals surface area contributed by atoms with E-state index in [2.05, 4.69) is 31.1 Å². The van der Waals surface area contributed by atoms with Crippen molar-refractivity contribution in [1.29, 1.82) is 0 Å². The van der Waals surface area contributed by atoms with Crippen molar-refractivity contribution in [2.75, 3.05) is 57.3 Å². The Kier molecular flexibility index (Phi) is 7.00. The van der Waals surface area contributed by atoms with Crippen LogP contribution in [0.5, 0.6) is 0 Å². The number of amides is 3. The molecule has 0 aromatic carbocycles. The first-order valence-electron chi connectivity index (χ1n) is 9.80. The molecule has 1 aromatic heterocycles. The van der Waals surface area contributed by atoms with Crippen molar-refractivity contribution in [2.24, 2.45) is 11.7 Å². The monoisotopic (exact) mass is 374 g/mol. The highest BCUT2D eigenvalue weighted by molar-refractivity contribution is 5.93. The van der Waals surface area contributed by atoms with Gasteiger partial charge in [0.25, 0.3) is 0 Å². The fourth-order valence-electron chi connectivity index (χ4n) is 4.03. The summed E-state index contributed by atoms with van der Waals surface area (Å²) in [6, 6.07) is 5.28. The second-order valence-corrected chi connectivity index (χ2v) is 7.45. The number of nitrogens with one attached hydrogen (secondary N) is 1. The molecule has 3 rings (SSSR count). The van der Waals surface area contributed by atoms with Crippen molar-refractivity contribution in [1.82, 2.24) is 20.1 Å². The fourth-order valence-corrected chi connectivity index (χ4v) is 4.03. The Morgan fingerprint density at radius 1 is 1.15 bits per heavy atom. The fraction of sp³-hybridized carbons (Fsp3) is 0.632. The lowest BCUT2D eigenvalue weighted by atomic mass is 9.97. The Balaban J connectivity index is 1.38. The smallest absolute Gasteiger partial charge is 0.318 e. The Morgan fingerprint density at radius 2 is 1.96 bits per heavy atom. The number of urea groups is 1. The van der Waals surface area contributed by atoms with Gasteiger partial charge in [0.05, 0.1) is 0 Å². The number of primary amides is 1. The topological polar surface area (TPSA) is 94.8 Å². The van der Waals surface area contributed by atoms with Crippen molar-refractivity contribution in [3.05, 3.63) is 24.4 Å². The zero-order valence-corrected chi connectivity index (χ0v) is 15.8. The van der Waals surface area contributed by atoms with Gasteiger partial charge in [-0.3, -0.25) is 15.0 Å². The summed E-state index contributed by atoms with van der Waals surface area (Å²) >= 11 is 0. The number of piperidine rings is 1. The number of rotatable bonds is 6. The Morgan fingerprint density at radius 3 is 2.67 bits per heavy atom. The first kappa shape index (κ1) is 19.6. The molecule has 3 N–H and O–H groups in total. The van der Waals surface area contributed by atoms with E-state index in [9.17, 15) is 9.59 Å². The van der Waals surface area contributed by atoms with Crippen LogP contribution in [0.1, 0.15) is 19.3 Å². The third kappa shape index (κ3) is 6.18. The summed E-state index contributed by atoms with van der Waals surface area (Å²) in [5.74, 6) is 1.41. The van der Waals surface area contributed by atoms with Gasteiger partial charge in [-0.15, -0.1) is 0 Å². The minimum Gasteiger partial charge on any atom is -0.354 e. The maximum Gasteiger partial charge on any atom is 0.318 e. The summed E-state index contributed by atoms with van der Waals surface area (Å²) in [5, 5.41) is 2.13. The van der Waals surface area contributed by atoms with Gasteiger partial charge in [0.1, 0.15) is 5.82 Å². The van der Waals surface area contributed by atoms with E-state index in [1.807, 2.05) is 18.3 Å². The lowest BCUT2D eigenvalue weighted by Crippen LogP contribution is -2.50. The van der Waals surface area contributed by atoms with Crippen LogP contribution in [-0.2, 0) is 4.79 Å². The van der Waals surface area contributed by atoms with Crippen LogP contribution in [-0.4, -0.2) is 79.1 Å². The average molecular weight is 374 g/mol. The normalized spacial score (nSPS) is 21.8. The van der Waals surface area contributed by atoms with E-state index in [0.29, 0.717) is 18.9 Å². The number of carbonyl (C=O) groups is 2. The zero-order valence-electron chi connectivity index (χ0n) is 15.8. The molecule has 3 amide bonds. The summed E-state index contributed by atoms with van der Waals surface area (Å²) < 4.78 is 0. The molecule has 0 radical (unpaired) electrons. The minimum absolute atomic E-state index is 0.296. The molecule has 27 heavy (non-hydrogen) atoms. The number of imide groups is 1. The van der Waals surface area contributed by atoms with E-state index >= 15 is 0 Å². The van der Waals surface area contributed by atoms with E-state index < -0.39 is 6.03 Å². The molecule has 1 aromatic rings. The van der Waals surface area contributed by atoms with Gasteiger partial charge in [0, 0.05) is 58.4 Å². The van der Waals surface area contributed by atoms with Crippen molar-refractivity contribution in [3.8, 4) is 0 Å².